The molecule has 6 heteroatoms. The first kappa shape index (κ1) is 11.5. The summed E-state index contributed by atoms with van der Waals surface area (Å²) in [5.74, 6) is -1.62. The van der Waals surface area contributed by atoms with Crippen LogP contribution in [0, 0.1) is 29.9 Å². The van der Waals surface area contributed by atoms with Gasteiger partial charge in [-0.3, -0.25) is 0 Å². The summed E-state index contributed by atoms with van der Waals surface area (Å²) in [4.78, 5) is 4.88. The number of halogens is 2. The van der Waals surface area contributed by atoms with Crippen molar-refractivity contribution >= 4 is 22.2 Å². The number of hydrogen-bond donors (Lipinski definition) is 1. The lowest BCUT2D eigenvalue weighted by molar-refractivity contribution is 0.590. The van der Waals surface area contributed by atoms with E-state index in [1.165, 1.54) is 11.3 Å². The van der Waals surface area contributed by atoms with Gasteiger partial charge in [-0.05, 0) is 19.1 Å². The molecular weight excluding hydrogens is 244 g/mol. The van der Waals surface area contributed by atoms with Crippen molar-refractivity contribution in [1.29, 1.82) is 5.26 Å². The molecule has 1 aromatic heterocycles. The van der Waals surface area contributed by atoms with Crippen molar-refractivity contribution in [2.45, 2.75) is 6.92 Å². The van der Waals surface area contributed by atoms with Crippen molar-refractivity contribution in [2.75, 3.05) is 5.32 Å². The molecule has 0 amide bonds. The van der Waals surface area contributed by atoms with Crippen LogP contribution in [0.2, 0.25) is 0 Å². The van der Waals surface area contributed by atoms with Gasteiger partial charge in [-0.15, -0.1) is 11.3 Å². The minimum Gasteiger partial charge on any atom is -0.327 e. The van der Waals surface area contributed by atoms with Crippen LogP contribution >= 0.6 is 11.3 Å². The molecule has 0 bridgehead atoms. The fourth-order valence-corrected chi connectivity index (χ4v) is 1.95. The standard InChI is InChI=1S/C11H7F2N3S/c1-6-5-15-11(17-6)16-10-8(12)2-7(4-14)3-9(10)13/h2-3,5H,1H3,(H,15,16). The molecule has 0 saturated heterocycles. The zero-order chi connectivity index (χ0) is 12.4. The Morgan fingerprint density at radius 3 is 2.47 bits per heavy atom. The average molecular weight is 251 g/mol. The molecule has 17 heavy (non-hydrogen) atoms. The van der Waals surface area contributed by atoms with Gasteiger partial charge in [-0.1, -0.05) is 0 Å². The predicted molar refractivity (Wildman–Crippen MR) is 61.2 cm³/mol. The number of hydrogen-bond acceptors (Lipinski definition) is 4. The summed E-state index contributed by atoms with van der Waals surface area (Å²) < 4.78 is 27.0. The minimum absolute atomic E-state index is 0.0548. The molecule has 0 fully saturated rings. The van der Waals surface area contributed by atoms with Gasteiger partial charge in [0.05, 0.1) is 11.6 Å². The zero-order valence-corrected chi connectivity index (χ0v) is 9.61. The second kappa shape index (κ2) is 4.47. The van der Waals surface area contributed by atoms with Gasteiger partial charge in [0.15, 0.2) is 16.8 Å². The molecule has 86 valence electrons. The number of nitriles is 1. The zero-order valence-electron chi connectivity index (χ0n) is 8.79. The van der Waals surface area contributed by atoms with E-state index in [0.717, 1.165) is 17.0 Å². The molecule has 0 aliphatic carbocycles. The summed E-state index contributed by atoms with van der Waals surface area (Å²) in [5, 5.41) is 11.5. The van der Waals surface area contributed by atoms with E-state index in [9.17, 15) is 8.78 Å². The van der Waals surface area contributed by atoms with Crippen LogP contribution in [0.1, 0.15) is 10.4 Å². The van der Waals surface area contributed by atoms with Crippen molar-refractivity contribution in [3.05, 3.63) is 40.4 Å². The molecule has 1 aromatic carbocycles. The summed E-state index contributed by atoms with van der Waals surface area (Å²) in [6, 6.07) is 3.64. The maximum atomic E-state index is 13.5. The highest BCUT2D eigenvalue weighted by Gasteiger charge is 2.12. The van der Waals surface area contributed by atoms with Gasteiger partial charge in [-0.2, -0.15) is 5.26 Å². The molecule has 0 aliphatic rings. The second-order valence-corrected chi connectivity index (χ2v) is 4.56. The van der Waals surface area contributed by atoms with E-state index in [1.807, 2.05) is 6.92 Å². The molecule has 0 spiro atoms. The van der Waals surface area contributed by atoms with E-state index in [-0.39, 0.29) is 11.3 Å². The van der Waals surface area contributed by atoms with Gasteiger partial charge in [0.25, 0.3) is 0 Å². The Morgan fingerprint density at radius 2 is 2.00 bits per heavy atom. The molecule has 0 saturated carbocycles. The molecule has 1 heterocycles. The lowest BCUT2D eigenvalue weighted by atomic mass is 10.2. The highest BCUT2D eigenvalue weighted by molar-refractivity contribution is 7.15. The Kier molecular flexibility index (Phi) is 3.02. The maximum Gasteiger partial charge on any atom is 0.187 e. The molecule has 0 unspecified atom stereocenters. The lowest BCUT2D eigenvalue weighted by Crippen LogP contribution is -1.98. The van der Waals surface area contributed by atoms with Crippen molar-refractivity contribution in [3.63, 3.8) is 0 Å². The topological polar surface area (TPSA) is 48.7 Å². The van der Waals surface area contributed by atoms with E-state index in [2.05, 4.69) is 10.3 Å². The Hall–Kier alpha value is -2.00. The Bertz CT molecular complexity index is 578. The third kappa shape index (κ3) is 2.40. The van der Waals surface area contributed by atoms with Crippen molar-refractivity contribution in [1.82, 2.24) is 4.98 Å². The molecule has 0 radical (unpaired) electrons. The molecule has 3 nitrogen and oxygen atoms in total. The van der Waals surface area contributed by atoms with Gasteiger partial charge in [0, 0.05) is 11.1 Å². The maximum absolute atomic E-state index is 13.5. The van der Waals surface area contributed by atoms with Crippen LogP contribution in [0.25, 0.3) is 0 Å². The summed E-state index contributed by atoms with van der Waals surface area (Å²) in [5.41, 5.74) is -0.348. The first-order chi connectivity index (χ1) is 8.10. The van der Waals surface area contributed by atoms with Crippen LogP contribution in [0.4, 0.5) is 19.6 Å². The van der Waals surface area contributed by atoms with Crippen LogP contribution in [0.5, 0.6) is 0 Å². The third-order valence-corrected chi connectivity index (χ3v) is 2.85. The summed E-state index contributed by atoms with van der Waals surface area (Å²) in [6.45, 7) is 1.84. The van der Waals surface area contributed by atoms with E-state index in [0.29, 0.717) is 5.13 Å². The minimum atomic E-state index is -0.811. The van der Waals surface area contributed by atoms with E-state index >= 15 is 0 Å². The molecule has 2 rings (SSSR count). The number of nitrogens with zero attached hydrogens (tertiary/aromatic N) is 2. The smallest absolute Gasteiger partial charge is 0.187 e. The van der Waals surface area contributed by atoms with Crippen LogP contribution in [0.15, 0.2) is 18.3 Å². The molecule has 2 aromatic rings. The van der Waals surface area contributed by atoms with Crippen molar-refractivity contribution in [3.8, 4) is 6.07 Å². The third-order valence-electron chi connectivity index (χ3n) is 2.02. The number of benzene rings is 1. The van der Waals surface area contributed by atoms with Crippen LogP contribution in [-0.4, -0.2) is 4.98 Å². The monoisotopic (exact) mass is 251 g/mol. The van der Waals surface area contributed by atoms with Gasteiger partial charge in [-0.25, -0.2) is 13.8 Å². The lowest BCUT2D eigenvalue weighted by Gasteiger charge is -2.05. The van der Waals surface area contributed by atoms with Crippen LogP contribution in [0.3, 0.4) is 0 Å². The predicted octanol–water partition coefficient (Wildman–Crippen LogP) is 3.35. The first-order valence-corrected chi connectivity index (χ1v) is 5.50. The normalized spacial score (nSPS) is 10.0. The number of aryl methyl sites for hydroxylation is 1. The number of aromatic nitrogens is 1. The average Bonchev–Trinajstić information content (AvgIpc) is 2.69. The largest absolute Gasteiger partial charge is 0.327 e. The fraction of sp³-hybridized carbons (Fsp3) is 0.0909. The van der Waals surface area contributed by atoms with E-state index in [1.54, 1.807) is 12.3 Å². The Labute approximate surface area is 100 Å². The van der Waals surface area contributed by atoms with Gasteiger partial charge < -0.3 is 5.32 Å². The van der Waals surface area contributed by atoms with E-state index in [4.69, 9.17) is 5.26 Å². The molecule has 0 aliphatic heterocycles. The van der Waals surface area contributed by atoms with Crippen molar-refractivity contribution < 1.29 is 8.78 Å². The van der Waals surface area contributed by atoms with E-state index < -0.39 is 11.6 Å². The van der Waals surface area contributed by atoms with Crippen LogP contribution in [-0.2, 0) is 0 Å². The van der Waals surface area contributed by atoms with Gasteiger partial charge in [0.2, 0.25) is 0 Å². The van der Waals surface area contributed by atoms with Gasteiger partial charge in [0.1, 0.15) is 5.69 Å². The second-order valence-electron chi connectivity index (χ2n) is 3.33. The molecular formula is C11H7F2N3S. The SMILES string of the molecule is Cc1cnc(Nc2c(F)cc(C#N)cc2F)s1. The summed E-state index contributed by atoms with van der Waals surface area (Å²) in [6.07, 6.45) is 1.60. The van der Waals surface area contributed by atoms with Crippen molar-refractivity contribution in [2.24, 2.45) is 0 Å². The summed E-state index contributed by atoms with van der Waals surface area (Å²) >= 11 is 1.29. The molecule has 0 atom stereocenters. The Balaban J connectivity index is 2.37. The molecule has 1 N–H and O–H groups in total. The Morgan fingerprint density at radius 1 is 1.35 bits per heavy atom. The summed E-state index contributed by atoms with van der Waals surface area (Å²) in [7, 11) is 0. The highest BCUT2D eigenvalue weighted by Crippen LogP contribution is 2.26. The first-order valence-electron chi connectivity index (χ1n) is 4.69. The number of thiazole rings is 1. The number of anilines is 2. The number of rotatable bonds is 2. The van der Waals surface area contributed by atoms with Crippen LogP contribution < -0.4 is 5.32 Å². The fourth-order valence-electron chi connectivity index (χ4n) is 1.28. The number of nitrogens with one attached hydrogen (secondary N) is 1. The van der Waals surface area contributed by atoms with Gasteiger partial charge >= 0.3 is 0 Å². The quantitative estimate of drug-likeness (QED) is 0.890. The highest BCUT2D eigenvalue weighted by atomic mass is 32.1.